The molecular weight excluding hydrogens is 260 g/mol. The number of ether oxygens (including phenoxy) is 1. The normalized spacial score (nSPS) is 33.0. The van der Waals surface area contributed by atoms with E-state index in [0.29, 0.717) is 12.1 Å². The van der Waals surface area contributed by atoms with E-state index in [2.05, 4.69) is 31.0 Å². The van der Waals surface area contributed by atoms with Gasteiger partial charge in [-0.15, -0.1) is 0 Å². The minimum atomic E-state index is 0.391. The molecule has 0 spiro atoms. The van der Waals surface area contributed by atoms with Crippen LogP contribution in [0.3, 0.4) is 0 Å². The molecule has 21 heavy (non-hydrogen) atoms. The zero-order valence-corrected chi connectivity index (χ0v) is 14.4. The fraction of sp³-hybridized carbons (Fsp3) is 1.00. The van der Waals surface area contributed by atoms with Crippen LogP contribution < -0.4 is 5.32 Å². The van der Waals surface area contributed by atoms with Gasteiger partial charge in [0.2, 0.25) is 0 Å². The molecule has 1 aliphatic carbocycles. The van der Waals surface area contributed by atoms with Crippen LogP contribution in [0.25, 0.3) is 0 Å². The molecule has 1 saturated heterocycles. The van der Waals surface area contributed by atoms with Crippen LogP contribution in [-0.2, 0) is 4.74 Å². The lowest BCUT2D eigenvalue weighted by molar-refractivity contribution is -0.0640. The molecular formula is C18H36N2O. The maximum absolute atomic E-state index is 6.21. The highest BCUT2D eigenvalue weighted by molar-refractivity contribution is 4.92. The molecule has 3 nitrogen and oxygen atoms in total. The molecule has 4 atom stereocenters. The van der Waals surface area contributed by atoms with Gasteiger partial charge in [0.15, 0.2) is 0 Å². The number of hydrogen-bond donors (Lipinski definition) is 1. The van der Waals surface area contributed by atoms with Gasteiger partial charge >= 0.3 is 0 Å². The third kappa shape index (κ3) is 4.67. The number of nitrogens with one attached hydrogen (secondary N) is 1. The number of hydrogen-bond acceptors (Lipinski definition) is 3. The highest BCUT2D eigenvalue weighted by atomic mass is 16.5. The molecule has 2 rings (SSSR count). The largest absolute Gasteiger partial charge is 0.374 e. The third-order valence-electron chi connectivity index (χ3n) is 5.61. The second-order valence-electron chi connectivity index (χ2n) is 6.90. The van der Waals surface area contributed by atoms with Gasteiger partial charge in [-0.3, -0.25) is 4.90 Å². The van der Waals surface area contributed by atoms with Crippen LogP contribution in [0.5, 0.6) is 0 Å². The minimum Gasteiger partial charge on any atom is -0.374 e. The smallest absolute Gasteiger partial charge is 0.0858 e. The van der Waals surface area contributed by atoms with Crippen molar-refractivity contribution in [3.8, 4) is 0 Å². The van der Waals surface area contributed by atoms with Gasteiger partial charge in [-0.25, -0.2) is 0 Å². The van der Waals surface area contributed by atoms with Gasteiger partial charge in [-0.05, 0) is 37.8 Å². The van der Waals surface area contributed by atoms with Crippen molar-refractivity contribution in [3.05, 3.63) is 0 Å². The zero-order chi connectivity index (χ0) is 15.1. The zero-order valence-electron chi connectivity index (χ0n) is 14.4. The summed E-state index contributed by atoms with van der Waals surface area (Å²) in [7, 11) is 0. The van der Waals surface area contributed by atoms with Crippen molar-refractivity contribution < 1.29 is 4.74 Å². The Morgan fingerprint density at radius 2 is 2.00 bits per heavy atom. The SMILES string of the molecule is CCCNC(C1CN(CC)CCO1)C1CCCCC1CC. The van der Waals surface area contributed by atoms with Crippen molar-refractivity contribution in [2.75, 3.05) is 32.8 Å². The van der Waals surface area contributed by atoms with Crippen LogP contribution in [-0.4, -0.2) is 49.8 Å². The van der Waals surface area contributed by atoms with Crippen LogP contribution >= 0.6 is 0 Å². The van der Waals surface area contributed by atoms with Gasteiger partial charge in [0.1, 0.15) is 0 Å². The molecule has 3 heteroatoms. The van der Waals surface area contributed by atoms with Gasteiger partial charge in [-0.1, -0.05) is 46.5 Å². The molecule has 0 radical (unpaired) electrons. The Balaban J connectivity index is 2.04. The lowest BCUT2D eigenvalue weighted by atomic mass is 9.72. The highest BCUT2D eigenvalue weighted by Crippen LogP contribution is 2.36. The Labute approximate surface area is 131 Å². The van der Waals surface area contributed by atoms with Crippen molar-refractivity contribution >= 4 is 0 Å². The summed E-state index contributed by atoms with van der Waals surface area (Å²) in [6.07, 6.45) is 8.60. The maximum Gasteiger partial charge on any atom is 0.0858 e. The summed E-state index contributed by atoms with van der Waals surface area (Å²) in [5.74, 6) is 1.71. The quantitative estimate of drug-likeness (QED) is 0.780. The van der Waals surface area contributed by atoms with Gasteiger partial charge in [0.05, 0.1) is 12.7 Å². The Bertz CT molecular complexity index is 284. The lowest BCUT2D eigenvalue weighted by Crippen LogP contribution is -2.56. The Morgan fingerprint density at radius 1 is 1.19 bits per heavy atom. The second-order valence-corrected chi connectivity index (χ2v) is 6.90. The van der Waals surface area contributed by atoms with Crippen LogP contribution in [0.1, 0.15) is 59.3 Å². The Morgan fingerprint density at radius 3 is 2.71 bits per heavy atom. The van der Waals surface area contributed by atoms with Crippen molar-refractivity contribution in [2.45, 2.75) is 71.4 Å². The van der Waals surface area contributed by atoms with Gasteiger partial charge in [0.25, 0.3) is 0 Å². The molecule has 1 heterocycles. The first-order valence-electron chi connectivity index (χ1n) is 9.37. The summed E-state index contributed by atoms with van der Waals surface area (Å²) in [4.78, 5) is 2.55. The van der Waals surface area contributed by atoms with Crippen LogP contribution in [0.4, 0.5) is 0 Å². The van der Waals surface area contributed by atoms with E-state index in [1.807, 2.05) is 0 Å². The number of morpholine rings is 1. The summed E-state index contributed by atoms with van der Waals surface area (Å²) in [6.45, 7) is 12.3. The molecule has 0 amide bonds. The molecule has 2 fully saturated rings. The van der Waals surface area contributed by atoms with E-state index in [4.69, 9.17) is 4.74 Å². The van der Waals surface area contributed by atoms with Gasteiger partial charge in [-0.2, -0.15) is 0 Å². The first-order chi connectivity index (χ1) is 10.3. The number of rotatable bonds is 7. The van der Waals surface area contributed by atoms with Crippen LogP contribution in [0.15, 0.2) is 0 Å². The maximum atomic E-state index is 6.21. The minimum absolute atomic E-state index is 0.391. The topological polar surface area (TPSA) is 24.5 Å². The lowest BCUT2D eigenvalue weighted by Gasteiger charge is -2.44. The second kappa shape index (κ2) is 9.12. The summed E-state index contributed by atoms with van der Waals surface area (Å²) in [5, 5.41) is 3.87. The average Bonchev–Trinajstić information content (AvgIpc) is 2.56. The van der Waals surface area contributed by atoms with Crippen LogP contribution in [0, 0.1) is 11.8 Å². The first kappa shape index (κ1) is 17.2. The molecule has 0 aromatic carbocycles. The molecule has 0 aromatic rings. The van der Waals surface area contributed by atoms with Crippen molar-refractivity contribution in [1.82, 2.24) is 10.2 Å². The fourth-order valence-corrected chi connectivity index (χ4v) is 4.32. The number of likely N-dealkylation sites (N-methyl/N-ethyl adjacent to an activating group) is 1. The molecule has 1 N–H and O–H groups in total. The molecule has 0 bridgehead atoms. The van der Waals surface area contributed by atoms with Gasteiger partial charge in [0, 0.05) is 19.1 Å². The standard InChI is InChI=1S/C18H36N2O/c1-4-11-19-18(16-10-8-7-9-15(16)5-2)17-14-20(6-3)12-13-21-17/h15-19H,4-14H2,1-3H3. The summed E-state index contributed by atoms with van der Waals surface area (Å²) in [5.41, 5.74) is 0. The average molecular weight is 296 g/mol. The van der Waals surface area contributed by atoms with Crippen molar-refractivity contribution in [1.29, 1.82) is 0 Å². The summed E-state index contributed by atoms with van der Waals surface area (Å²) >= 11 is 0. The van der Waals surface area contributed by atoms with Crippen LogP contribution in [0.2, 0.25) is 0 Å². The molecule has 1 aliphatic heterocycles. The third-order valence-corrected chi connectivity index (χ3v) is 5.61. The molecule has 1 saturated carbocycles. The van der Waals surface area contributed by atoms with E-state index in [0.717, 1.165) is 44.6 Å². The Kier molecular flexibility index (Phi) is 7.48. The van der Waals surface area contributed by atoms with E-state index in [9.17, 15) is 0 Å². The predicted molar refractivity (Wildman–Crippen MR) is 89.7 cm³/mol. The van der Waals surface area contributed by atoms with Gasteiger partial charge < -0.3 is 10.1 Å². The van der Waals surface area contributed by atoms with E-state index in [1.54, 1.807) is 0 Å². The van der Waals surface area contributed by atoms with E-state index in [1.165, 1.54) is 38.5 Å². The van der Waals surface area contributed by atoms with E-state index >= 15 is 0 Å². The molecule has 4 unspecified atom stereocenters. The highest BCUT2D eigenvalue weighted by Gasteiger charge is 2.37. The van der Waals surface area contributed by atoms with Crippen molar-refractivity contribution in [3.63, 3.8) is 0 Å². The van der Waals surface area contributed by atoms with E-state index < -0.39 is 0 Å². The summed E-state index contributed by atoms with van der Waals surface area (Å²) < 4.78 is 6.21. The molecule has 2 aliphatic rings. The van der Waals surface area contributed by atoms with Crippen molar-refractivity contribution in [2.24, 2.45) is 11.8 Å². The predicted octanol–water partition coefficient (Wildman–Crippen LogP) is 3.29. The molecule has 124 valence electrons. The Hall–Kier alpha value is -0.120. The van der Waals surface area contributed by atoms with E-state index in [-0.39, 0.29) is 0 Å². The molecule has 0 aromatic heterocycles. The summed E-state index contributed by atoms with van der Waals surface area (Å²) in [6, 6.07) is 0.560. The number of nitrogens with zero attached hydrogens (tertiary/aromatic N) is 1. The first-order valence-corrected chi connectivity index (χ1v) is 9.37. The fourth-order valence-electron chi connectivity index (χ4n) is 4.32. The monoisotopic (exact) mass is 296 g/mol.